The number of pyridine rings is 1. The maximum absolute atomic E-state index is 10.6. The highest BCUT2D eigenvalue weighted by atomic mass is 16.6. The molecule has 0 radical (unpaired) electrons. The molecule has 0 spiro atoms. The molecule has 82 valence electrons. The molecule has 0 saturated carbocycles. The van der Waals surface area contributed by atoms with E-state index in [1.807, 2.05) is 6.92 Å². The molecule has 1 aromatic rings. The minimum atomic E-state index is -0.503. The van der Waals surface area contributed by atoms with Crippen LogP contribution in [0.15, 0.2) is 12.1 Å². The first-order chi connectivity index (χ1) is 7.19. The van der Waals surface area contributed by atoms with E-state index in [1.165, 1.54) is 12.1 Å². The van der Waals surface area contributed by atoms with Crippen molar-refractivity contribution in [2.75, 3.05) is 19.0 Å². The van der Waals surface area contributed by atoms with Crippen LogP contribution in [0.2, 0.25) is 0 Å². The molecule has 1 rings (SSSR count). The third kappa shape index (κ3) is 2.80. The van der Waals surface area contributed by atoms with Gasteiger partial charge in [-0.3, -0.25) is 10.1 Å². The molecule has 0 bridgehead atoms. The minimum Gasteiger partial charge on any atom is -0.473 e. The van der Waals surface area contributed by atoms with Crippen molar-refractivity contribution >= 4 is 11.5 Å². The Morgan fingerprint density at radius 3 is 2.87 bits per heavy atom. The van der Waals surface area contributed by atoms with Crippen LogP contribution in [0.5, 0.6) is 5.88 Å². The second-order valence-corrected chi connectivity index (χ2v) is 2.88. The van der Waals surface area contributed by atoms with Crippen molar-refractivity contribution in [3.63, 3.8) is 0 Å². The van der Waals surface area contributed by atoms with Crippen molar-refractivity contribution in [3.05, 3.63) is 22.2 Å². The summed E-state index contributed by atoms with van der Waals surface area (Å²) < 4.78 is 5.20. The monoisotopic (exact) mass is 211 g/mol. The predicted octanol–water partition coefficient (Wildman–Crippen LogP) is 1.82. The van der Waals surface area contributed by atoms with E-state index in [9.17, 15) is 10.1 Å². The molecular weight excluding hydrogens is 198 g/mol. The van der Waals surface area contributed by atoms with E-state index in [4.69, 9.17) is 4.74 Å². The van der Waals surface area contributed by atoms with E-state index in [0.717, 1.165) is 6.42 Å². The Morgan fingerprint density at radius 2 is 2.33 bits per heavy atom. The molecule has 0 fully saturated rings. The Bertz CT molecular complexity index is 354. The summed E-state index contributed by atoms with van der Waals surface area (Å²) in [4.78, 5) is 14.1. The predicted molar refractivity (Wildman–Crippen MR) is 56.2 cm³/mol. The molecule has 0 aliphatic heterocycles. The van der Waals surface area contributed by atoms with Crippen LogP contribution < -0.4 is 10.1 Å². The Kier molecular flexibility index (Phi) is 3.84. The van der Waals surface area contributed by atoms with Gasteiger partial charge in [-0.15, -0.1) is 0 Å². The lowest BCUT2D eigenvalue weighted by atomic mass is 10.4. The third-order valence-corrected chi connectivity index (χ3v) is 1.74. The molecule has 6 heteroatoms. The van der Waals surface area contributed by atoms with Gasteiger partial charge in [-0.2, -0.15) is 4.98 Å². The van der Waals surface area contributed by atoms with Gasteiger partial charge in [0.2, 0.25) is 0 Å². The number of hydrogen-bond acceptors (Lipinski definition) is 5. The summed E-state index contributed by atoms with van der Waals surface area (Å²) in [6.45, 7) is 2.34. The van der Waals surface area contributed by atoms with E-state index in [0.29, 0.717) is 12.4 Å². The number of ether oxygens (including phenoxy) is 1. The zero-order chi connectivity index (χ0) is 11.3. The highest BCUT2D eigenvalue weighted by Gasteiger charge is 2.16. The third-order valence-electron chi connectivity index (χ3n) is 1.74. The number of nitro groups is 1. The lowest BCUT2D eigenvalue weighted by Crippen LogP contribution is -2.03. The van der Waals surface area contributed by atoms with Crippen LogP contribution in [0.1, 0.15) is 13.3 Å². The van der Waals surface area contributed by atoms with Crippen molar-refractivity contribution in [1.82, 2.24) is 4.98 Å². The zero-order valence-corrected chi connectivity index (χ0v) is 8.69. The van der Waals surface area contributed by atoms with Crippen molar-refractivity contribution < 1.29 is 9.66 Å². The largest absolute Gasteiger partial charge is 0.473 e. The molecule has 0 unspecified atom stereocenters. The fourth-order valence-electron chi connectivity index (χ4n) is 1.02. The molecule has 1 aromatic heterocycles. The highest BCUT2D eigenvalue weighted by molar-refractivity contribution is 5.48. The van der Waals surface area contributed by atoms with Crippen LogP contribution in [0, 0.1) is 10.1 Å². The summed E-state index contributed by atoms with van der Waals surface area (Å²) in [7, 11) is 1.69. The molecular formula is C9H13N3O3. The number of hydrogen-bond donors (Lipinski definition) is 1. The molecule has 1 N–H and O–H groups in total. The number of nitrogens with one attached hydrogen (secondary N) is 1. The SMILES string of the molecule is CCCOc1nc(NC)ccc1[N+](=O)[O-]. The lowest BCUT2D eigenvalue weighted by molar-refractivity contribution is -0.386. The van der Waals surface area contributed by atoms with Crippen molar-refractivity contribution in [2.24, 2.45) is 0 Å². The van der Waals surface area contributed by atoms with Crippen LogP contribution in [-0.2, 0) is 0 Å². The minimum absolute atomic E-state index is 0.0636. The normalized spacial score (nSPS) is 9.73. The van der Waals surface area contributed by atoms with Crippen LogP contribution in [0.25, 0.3) is 0 Å². The first kappa shape index (κ1) is 11.2. The van der Waals surface area contributed by atoms with Crippen molar-refractivity contribution in [1.29, 1.82) is 0 Å². The van der Waals surface area contributed by atoms with Gasteiger partial charge in [-0.1, -0.05) is 6.92 Å². The quantitative estimate of drug-likeness (QED) is 0.593. The molecule has 0 saturated heterocycles. The first-order valence-corrected chi connectivity index (χ1v) is 4.65. The molecule has 1 heterocycles. The van der Waals surface area contributed by atoms with Crippen LogP contribution >= 0.6 is 0 Å². The summed E-state index contributed by atoms with van der Waals surface area (Å²) in [5.41, 5.74) is -0.109. The average Bonchev–Trinajstić information content (AvgIpc) is 2.25. The molecule has 0 aliphatic rings. The Hall–Kier alpha value is -1.85. The van der Waals surface area contributed by atoms with E-state index >= 15 is 0 Å². The van der Waals surface area contributed by atoms with Gasteiger partial charge in [0.25, 0.3) is 5.88 Å². The van der Waals surface area contributed by atoms with Gasteiger partial charge in [-0.25, -0.2) is 0 Å². The Morgan fingerprint density at radius 1 is 1.60 bits per heavy atom. The summed E-state index contributed by atoms with van der Waals surface area (Å²) >= 11 is 0. The first-order valence-electron chi connectivity index (χ1n) is 4.65. The summed E-state index contributed by atoms with van der Waals surface area (Å²) in [5.74, 6) is 0.611. The van der Waals surface area contributed by atoms with Crippen LogP contribution in [0.3, 0.4) is 0 Å². The van der Waals surface area contributed by atoms with Gasteiger partial charge >= 0.3 is 5.69 Å². The number of anilines is 1. The number of aromatic nitrogens is 1. The van der Waals surface area contributed by atoms with Gasteiger partial charge < -0.3 is 10.1 Å². The van der Waals surface area contributed by atoms with Gasteiger partial charge in [0.15, 0.2) is 0 Å². The number of nitrogens with zero attached hydrogens (tertiary/aromatic N) is 2. The van der Waals surface area contributed by atoms with E-state index in [1.54, 1.807) is 7.05 Å². The average molecular weight is 211 g/mol. The Labute approximate surface area is 87.4 Å². The lowest BCUT2D eigenvalue weighted by Gasteiger charge is -2.05. The summed E-state index contributed by atoms with van der Waals surface area (Å²) in [6, 6.07) is 2.92. The van der Waals surface area contributed by atoms with Crippen LogP contribution in [-0.4, -0.2) is 23.6 Å². The van der Waals surface area contributed by atoms with Gasteiger partial charge in [0, 0.05) is 13.1 Å². The zero-order valence-electron chi connectivity index (χ0n) is 8.69. The molecule has 0 aliphatic carbocycles. The second-order valence-electron chi connectivity index (χ2n) is 2.88. The molecule has 0 amide bonds. The highest BCUT2D eigenvalue weighted by Crippen LogP contribution is 2.26. The molecule has 15 heavy (non-hydrogen) atoms. The van der Waals surface area contributed by atoms with Crippen molar-refractivity contribution in [3.8, 4) is 5.88 Å². The summed E-state index contributed by atoms with van der Waals surface area (Å²) in [6.07, 6.45) is 0.780. The second kappa shape index (κ2) is 5.14. The maximum Gasteiger partial charge on any atom is 0.331 e. The maximum atomic E-state index is 10.6. The van der Waals surface area contributed by atoms with E-state index in [2.05, 4.69) is 10.3 Å². The molecule has 6 nitrogen and oxygen atoms in total. The smallest absolute Gasteiger partial charge is 0.331 e. The molecule has 0 aromatic carbocycles. The van der Waals surface area contributed by atoms with Gasteiger partial charge in [-0.05, 0) is 12.5 Å². The summed E-state index contributed by atoms with van der Waals surface area (Å²) in [5, 5.41) is 13.4. The van der Waals surface area contributed by atoms with Crippen LogP contribution in [0.4, 0.5) is 11.5 Å². The fourth-order valence-corrected chi connectivity index (χ4v) is 1.02. The topological polar surface area (TPSA) is 77.3 Å². The van der Waals surface area contributed by atoms with Gasteiger partial charge in [0.1, 0.15) is 5.82 Å². The van der Waals surface area contributed by atoms with E-state index in [-0.39, 0.29) is 11.6 Å². The Balaban J connectivity index is 2.99. The molecule has 0 atom stereocenters. The fraction of sp³-hybridized carbons (Fsp3) is 0.444. The van der Waals surface area contributed by atoms with Crippen molar-refractivity contribution in [2.45, 2.75) is 13.3 Å². The number of rotatable bonds is 5. The standard InChI is InChI=1S/C9H13N3O3/c1-3-6-15-9-7(12(13)14)4-5-8(10-2)11-9/h4-5H,3,6H2,1-2H3,(H,10,11). The van der Waals surface area contributed by atoms with E-state index < -0.39 is 4.92 Å². The van der Waals surface area contributed by atoms with Gasteiger partial charge in [0.05, 0.1) is 11.5 Å².